The second kappa shape index (κ2) is 8.38. The molecule has 0 unspecified atom stereocenters. The van der Waals surface area contributed by atoms with Crippen LogP contribution in [0.3, 0.4) is 0 Å². The number of fused-ring (bicyclic) bond motifs is 1. The third kappa shape index (κ3) is 4.02. The Morgan fingerprint density at radius 3 is 2.59 bits per heavy atom. The predicted molar refractivity (Wildman–Crippen MR) is 119 cm³/mol. The van der Waals surface area contributed by atoms with Gasteiger partial charge in [-0.2, -0.15) is 0 Å². The van der Waals surface area contributed by atoms with E-state index in [2.05, 4.69) is 15.9 Å². The molecular formula is C23H28N4OS. The normalized spacial score (nSPS) is 19.1. The van der Waals surface area contributed by atoms with Gasteiger partial charge in [0.2, 0.25) is 0 Å². The summed E-state index contributed by atoms with van der Waals surface area (Å²) < 4.78 is 0. The minimum absolute atomic E-state index is 0.0498. The number of nitrogens with zero attached hydrogens (tertiary/aromatic N) is 4. The van der Waals surface area contributed by atoms with E-state index in [0.717, 1.165) is 51.4 Å². The molecule has 0 spiro atoms. The molecule has 2 aliphatic heterocycles. The van der Waals surface area contributed by atoms with Gasteiger partial charge in [0, 0.05) is 24.7 Å². The summed E-state index contributed by atoms with van der Waals surface area (Å²) in [7, 11) is 0. The molecule has 1 aromatic carbocycles. The van der Waals surface area contributed by atoms with Crippen molar-refractivity contribution < 1.29 is 5.11 Å². The summed E-state index contributed by atoms with van der Waals surface area (Å²) in [6, 6.07) is 12.8. The Bertz CT molecular complexity index is 974. The van der Waals surface area contributed by atoms with Crippen molar-refractivity contribution in [1.29, 1.82) is 0 Å². The highest BCUT2D eigenvalue weighted by Crippen LogP contribution is 2.32. The lowest BCUT2D eigenvalue weighted by molar-refractivity contribution is 0.141. The van der Waals surface area contributed by atoms with Crippen molar-refractivity contribution in [3.05, 3.63) is 42.0 Å². The van der Waals surface area contributed by atoms with E-state index >= 15 is 0 Å². The minimum Gasteiger partial charge on any atom is -0.392 e. The quantitative estimate of drug-likeness (QED) is 0.697. The molecule has 0 aliphatic carbocycles. The van der Waals surface area contributed by atoms with Crippen LogP contribution in [0.15, 0.2) is 36.4 Å². The molecule has 0 bridgehead atoms. The van der Waals surface area contributed by atoms with Crippen molar-refractivity contribution in [3.63, 3.8) is 0 Å². The molecule has 2 aromatic heterocycles. The van der Waals surface area contributed by atoms with Gasteiger partial charge in [0.25, 0.3) is 0 Å². The number of anilines is 1. The molecular weight excluding hydrogens is 380 g/mol. The first-order valence-electron chi connectivity index (χ1n) is 10.8. The number of hydrogen-bond acceptors (Lipinski definition) is 6. The lowest BCUT2D eigenvalue weighted by atomic mass is 10.0. The van der Waals surface area contributed by atoms with E-state index in [4.69, 9.17) is 9.97 Å². The fourth-order valence-corrected chi connectivity index (χ4v) is 5.63. The van der Waals surface area contributed by atoms with Gasteiger partial charge in [0.15, 0.2) is 5.13 Å². The molecule has 6 heteroatoms. The van der Waals surface area contributed by atoms with Crippen molar-refractivity contribution in [1.82, 2.24) is 14.9 Å². The highest BCUT2D eigenvalue weighted by Gasteiger charge is 2.27. The van der Waals surface area contributed by atoms with Crippen LogP contribution < -0.4 is 4.90 Å². The van der Waals surface area contributed by atoms with E-state index in [1.165, 1.54) is 45.2 Å². The first kappa shape index (κ1) is 19.0. The second-order valence-electron chi connectivity index (χ2n) is 8.19. The first-order valence-corrected chi connectivity index (χ1v) is 11.6. The number of hydrogen-bond donors (Lipinski definition) is 1. The molecule has 29 heavy (non-hydrogen) atoms. The molecule has 0 atom stereocenters. The highest BCUT2D eigenvalue weighted by molar-refractivity contribution is 7.21. The van der Waals surface area contributed by atoms with Gasteiger partial charge in [-0.1, -0.05) is 36.0 Å². The molecule has 5 rings (SSSR count). The third-order valence-corrected chi connectivity index (χ3v) is 7.32. The van der Waals surface area contributed by atoms with Crippen LogP contribution in [-0.2, 0) is 6.61 Å². The first-order chi connectivity index (χ1) is 14.3. The Hall–Kier alpha value is -2.02. The molecule has 2 aliphatic rings. The summed E-state index contributed by atoms with van der Waals surface area (Å²) in [5, 5.41) is 10.5. The second-order valence-corrected chi connectivity index (χ2v) is 9.15. The van der Waals surface area contributed by atoms with Crippen molar-refractivity contribution in [3.8, 4) is 11.3 Å². The van der Waals surface area contributed by atoms with Gasteiger partial charge in [-0.3, -0.25) is 0 Å². The molecule has 4 heterocycles. The number of aliphatic hydroxyl groups is 1. The SMILES string of the molecule is OCc1cccc(-c2ccc3nc(N4CCC(N5CCCCC5)CC4)sc3n2)c1. The predicted octanol–water partition coefficient (Wildman–Crippen LogP) is 4.31. The zero-order valence-corrected chi connectivity index (χ0v) is 17.6. The molecule has 0 amide bonds. The Balaban J connectivity index is 1.31. The number of piperidine rings is 2. The Kier molecular flexibility index (Phi) is 5.48. The topological polar surface area (TPSA) is 52.5 Å². The van der Waals surface area contributed by atoms with E-state index < -0.39 is 0 Å². The highest BCUT2D eigenvalue weighted by atomic mass is 32.1. The van der Waals surface area contributed by atoms with E-state index in [1.807, 2.05) is 30.3 Å². The molecule has 3 aromatic rings. The van der Waals surface area contributed by atoms with Gasteiger partial charge in [-0.15, -0.1) is 0 Å². The minimum atomic E-state index is 0.0498. The lowest BCUT2D eigenvalue weighted by Gasteiger charge is -2.40. The van der Waals surface area contributed by atoms with Gasteiger partial charge in [-0.05, 0) is 62.5 Å². The van der Waals surface area contributed by atoms with Gasteiger partial charge >= 0.3 is 0 Å². The fraction of sp³-hybridized carbons (Fsp3) is 0.478. The van der Waals surface area contributed by atoms with Gasteiger partial charge < -0.3 is 14.9 Å². The van der Waals surface area contributed by atoms with E-state index in [0.29, 0.717) is 0 Å². The third-order valence-electron chi connectivity index (χ3n) is 6.29. The molecule has 152 valence electrons. The average Bonchev–Trinajstić information content (AvgIpc) is 3.23. The average molecular weight is 409 g/mol. The molecule has 2 saturated heterocycles. The molecule has 2 fully saturated rings. The maximum Gasteiger partial charge on any atom is 0.187 e. The monoisotopic (exact) mass is 408 g/mol. The molecule has 0 saturated carbocycles. The largest absolute Gasteiger partial charge is 0.392 e. The summed E-state index contributed by atoms with van der Waals surface area (Å²) in [6.07, 6.45) is 6.62. The van der Waals surface area contributed by atoms with Crippen LogP contribution in [-0.4, -0.2) is 52.2 Å². The Morgan fingerprint density at radius 1 is 0.966 bits per heavy atom. The number of likely N-dealkylation sites (tertiary alicyclic amines) is 1. The summed E-state index contributed by atoms with van der Waals surface area (Å²) in [4.78, 5) is 15.9. The van der Waals surface area contributed by atoms with Crippen molar-refractivity contribution in [2.24, 2.45) is 0 Å². The van der Waals surface area contributed by atoms with Crippen molar-refractivity contribution in [2.75, 3.05) is 31.1 Å². The smallest absolute Gasteiger partial charge is 0.187 e. The number of rotatable bonds is 4. The summed E-state index contributed by atoms with van der Waals surface area (Å²) in [5.41, 5.74) is 3.86. The maximum atomic E-state index is 9.39. The van der Waals surface area contributed by atoms with E-state index in [-0.39, 0.29) is 6.61 Å². The van der Waals surface area contributed by atoms with Crippen LogP contribution >= 0.6 is 11.3 Å². The van der Waals surface area contributed by atoms with Gasteiger partial charge in [0.1, 0.15) is 10.3 Å². The molecule has 5 nitrogen and oxygen atoms in total. The number of thiazole rings is 1. The van der Waals surface area contributed by atoms with Crippen molar-refractivity contribution >= 4 is 26.8 Å². The van der Waals surface area contributed by atoms with Gasteiger partial charge in [-0.25, -0.2) is 9.97 Å². The number of benzene rings is 1. The lowest BCUT2D eigenvalue weighted by Crippen LogP contribution is -2.46. The van der Waals surface area contributed by atoms with Crippen LogP contribution in [0.25, 0.3) is 21.6 Å². The van der Waals surface area contributed by atoms with Crippen LogP contribution in [0.4, 0.5) is 5.13 Å². The summed E-state index contributed by atoms with van der Waals surface area (Å²) in [6.45, 7) is 4.80. The number of aromatic nitrogens is 2. The van der Waals surface area contributed by atoms with E-state index in [1.54, 1.807) is 11.3 Å². The van der Waals surface area contributed by atoms with E-state index in [9.17, 15) is 5.11 Å². The number of pyridine rings is 1. The van der Waals surface area contributed by atoms with Gasteiger partial charge in [0.05, 0.1) is 12.3 Å². The summed E-state index contributed by atoms with van der Waals surface area (Å²) >= 11 is 1.70. The van der Waals surface area contributed by atoms with Crippen LogP contribution in [0, 0.1) is 0 Å². The Morgan fingerprint density at radius 2 is 1.79 bits per heavy atom. The molecule has 0 radical (unpaired) electrons. The zero-order chi connectivity index (χ0) is 19.6. The maximum absolute atomic E-state index is 9.39. The van der Waals surface area contributed by atoms with Crippen LogP contribution in [0.5, 0.6) is 0 Å². The van der Waals surface area contributed by atoms with Crippen molar-refractivity contribution in [2.45, 2.75) is 44.8 Å². The van der Waals surface area contributed by atoms with Crippen LogP contribution in [0.2, 0.25) is 0 Å². The van der Waals surface area contributed by atoms with Crippen LogP contribution in [0.1, 0.15) is 37.7 Å². The number of aliphatic hydroxyl groups excluding tert-OH is 1. The molecule has 1 N–H and O–H groups in total. The zero-order valence-electron chi connectivity index (χ0n) is 16.8. The standard InChI is InChI=1S/C23H28N4OS/c28-16-17-5-4-6-18(15-17)20-7-8-21-22(24-20)29-23(25-21)27-13-9-19(10-14-27)26-11-2-1-3-12-26/h4-8,15,19,28H,1-3,9-14,16H2. The fourth-order valence-electron chi connectivity index (χ4n) is 4.64. The Labute approximate surface area is 176 Å². The summed E-state index contributed by atoms with van der Waals surface area (Å²) in [5.74, 6) is 0.